The molecule has 190 valence electrons. The highest BCUT2D eigenvalue weighted by atomic mass is 16.3. The predicted octanol–water partition coefficient (Wildman–Crippen LogP) is 1.69. The fraction of sp³-hybridized carbons (Fsp3) is 0.480. The second-order valence-corrected chi connectivity index (χ2v) is 9.73. The van der Waals surface area contributed by atoms with Gasteiger partial charge in [-0.2, -0.15) is 0 Å². The van der Waals surface area contributed by atoms with Crippen molar-refractivity contribution in [3.63, 3.8) is 0 Å². The number of anilines is 1. The molecule has 1 amide bonds. The van der Waals surface area contributed by atoms with E-state index in [1.807, 2.05) is 18.2 Å². The van der Waals surface area contributed by atoms with Gasteiger partial charge in [0.25, 0.3) is 0 Å². The molecule has 4 heterocycles. The van der Waals surface area contributed by atoms with Gasteiger partial charge in [0.15, 0.2) is 11.5 Å². The van der Waals surface area contributed by atoms with Crippen LogP contribution >= 0.6 is 0 Å². The molecule has 1 saturated heterocycles. The number of hydrogen-bond acceptors (Lipinski definition) is 8. The fourth-order valence-corrected chi connectivity index (χ4v) is 5.33. The number of nitrogen functional groups attached to an aromatic ring is 1. The average Bonchev–Trinajstić information content (AvgIpc) is 3.39. The summed E-state index contributed by atoms with van der Waals surface area (Å²) in [7, 11) is 0. The molecule has 1 aromatic carbocycles. The molecular formula is C25H32N8O3. The third-order valence-corrected chi connectivity index (χ3v) is 7.11. The summed E-state index contributed by atoms with van der Waals surface area (Å²) in [4.78, 5) is 32.3. The van der Waals surface area contributed by atoms with E-state index in [1.165, 1.54) is 6.33 Å². The summed E-state index contributed by atoms with van der Waals surface area (Å²) in [5.74, 6) is 1.14. The van der Waals surface area contributed by atoms with Gasteiger partial charge < -0.3 is 30.0 Å². The minimum atomic E-state index is -1.30. The Morgan fingerprint density at radius 2 is 2.03 bits per heavy atom. The highest BCUT2D eigenvalue weighted by molar-refractivity contribution is 5.81. The van der Waals surface area contributed by atoms with E-state index in [0.717, 1.165) is 23.4 Å². The molecule has 1 aliphatic rings. The van der Waals surface area contributed by atoms with E-state index >= 15 is 0 Å². The van der Waals surface area contributed by atoms with E-state index in [2.05, 4.69) is 32.5 Å². The van der Waals surface area contributed by atoms with Crippen molar-refractivity contribution >= 4 is 33.9 Å². The van der Waals surface area contributed by atoms with Gasteiger partial charge in [-0.05, 0) is 32.4 Å². The molecule has 36 heavy (non-hydrogen) atoms. The lowest BCUT2D eigenvalue weighted by Gasteiger charge is -2.34. The number of β-amino-alcohol motifs (C(OH)–C–C–N with tert-alkyl or cyclic N) is 1. The van der Waals surface area contributed by atoms with Gasteiger partial charge in [0.05, 0.1) is 35.1 Å². The highest BCUT2D eigenvalue weighted by Gasteiger charge is 2.42. The van der Waals surface area contributed by atoms with E-state index < -0.39 is 17.7 Å². The van der Waals surface area contributed by atoms with Gasteiger partial charge in [-0.1, -0.05) is 12.1 Å². The van der Waals surface area contributed by atoms with Gasteiger partial charge in [0, 0.05) is 38.9 Å². The second-order valence-electron chi connectivity index (χ2n) is 9.73. The summed E-state index contributed by atoms with van der Waals surface area (Å²) >= 11 is 0. The van der Waals surface area contributed by atoms with Crippen molar-refractivity contribution in [2.45, 2.75) is 63.8 Å². The SMILES string of the molecule is CCn1c(CCCC(=O)N2C[C@H](O)C[C@](C)(O)[C@@H](n3cnc4c(N)ncnc43)C2)nc2ccccc21. The van der Waals surface area contributed by atoms with Crippen molar-refractivity contribution in [2.75, 3.05) is 18.8 Å². The second kappa shape index (κ2) is 9.47. The minimum Gasteiger partial charge on any atom is -0.391 e. The van der Waals surface area contributed by atoms with E-state index in [1.54, 1.807) is 22.7 Å². The van der Waals surface area contributed by atoms with Crippen molar-refractivity contribution in [3.05, 3.63) is 42.7 Å². The van der Waals surface area contributed by atoms with Crippen LogP contribution < -0.4 is 5.73 Å². The van der Waals surface area contributed by atoms with Gasteiger partial charge in [-0.15, -0.1) is 0 Å². The maximum absolute atomic E-state index is 13.3. The number of nitrogens with zero attached hydrogens (tertiary/aromatic N) is 7. The standard InChI is InChI=1S/C25H32N8O3/c1-3-32-18-8-5-4-7-17(18)30-20(32)9-6-10-21(35)31-12-16(34)11-25(2,36)19(13-31)33-15-29-22-23(26)27-14-28-24(22)33/h4-5,7-8,14-16,19,34,36H,3,6,9-13H2,1-2H3,(H2,26,27,28)/t16-,19+,25+/m1/s1. The number of aryl methyl sites for hydroxylation is 2. The molecule has 3 aromatic heterocycles. The fourth-order valence-electron chi connectivity index (χ4n) is 5.33. The molecule has 4 N–H and O–H groups in total. The summed E-state index contributed by atoms with van der Waals surface area (Å²) in [6.45, 7) is 4.94. The molecule has 4 aromatic rings. The van der Waals surface area contributed by atoms with E-state index in [9.17, 15) is 15.0 Å². The van der Waals surface area contributed by atoms with Crippen molar-refractivity contribution in [3.8, 4) is 0 Å². The number of fused-ring (bicyclic) bond motifs is 2. The summed E-state index contributed by atoms with van der Waals surface area (Å²) in [5.41, 5.74) is 7.62. The Morgan fingerprint density at radius 1 is 1.22 bits per heavy atom. The summed E-state index contributed by atoms with van der Waals surface area (Å²) < 4.78 is 3.91. The Kier molecular flexibility index (Phi) is 6.35. The van der Waals surface area contributed by atoms with Crippen LogP contribution in [0.15, 0.2) is 36.9 Å². The van der Waals surface area contributed by atoms with E-state index in [4.69, 9.17) is 10.7 Å². The number of benzene rings is 1. The monoisotopic (exact) mass is 492 g/mol. The van der Waals surface area contributed by atoms with Gasteiger partial charge >= 0.3 is 0 Å². The topological polar surface area (TPSA) is 148 Å². The average molecular weight is 493 g/mol. The number of aliphatic hydroxyl groups is 2. The van der Waals surface area contributed by atoms with Crippen LogP contribution in [0.2, 0.25) is 0 Å². The van der Waals surface area contributed by atoms with Crippen LogP contribution in [-0.4, -0.2) is 74.9 Å². The number of nitrogens with two attached hydrogens (primary N) is 1. The lowest BCUT2D eigenvalue weighted by Crippen LogP contribution is -2.42. The Balaban J connectivity index is 1.33. The molecule has 0 aliphatic carbocycles. The third kappa shape index (κ3) is 4.40. The van der Waals surface area contributed by atoms with Gasteiger partial charge in [-0.25, -0.2) is 19.9 Å². The number of para-hydroxylation sites is 2. The van der Waals surface area contributed by atoms with Crippen molar-refractivity contribution < 1.29 is 15.0 Å². The molecule has 0 saturated carbocycles. The first-order valence-corrected chi connectivity index (χ1v) is 12.3. The van der Waals surface area contributed by atoms with Crippen LogP contribution in [0, 0.1) is 0 Å². The number of amides is 1. The lowest BCUT2D eigenvalue weighted by molar-refractivity contribution is -0.132. The molecule has 1 fully saturated rings. The minimum absolute atomic E-state index is 0.0746. The molecule has 0 unspecified atom stereocenters. The van der Waals surface area contributed by atoms with Crippen molar-refractivity contribution in [1.29, 1.82) is 0 Å². The molecule has 5 rings (SSSR count). The third-order valence-electron chi connectivity index (χ3n) is 7.11. The van der Waals surface area contributed by atoms with Crippen LogP contribution in [0.25, 0.3) is 22.2 Å². The number of aromatic nitrogens is 6. The van der Waals surface area contributed by atoms with Crippen LogP contribution in [0.5, 0.6) is 0 Å². The van der Waals surface area contributed by atoms with Gasteiger partial charge in [0.2, 0.25) is 5.91 Å². The first-order valence-electron chi connectivity index (χ1n) is 12.3. The zero-order chi connectivity index (χ0) is 25.4. The number of hydrogen-bond donors (Lipinski definition) is 3. The summed E-state index contributed by atoms with van der Waals surface area (Å²) in [6, 6.07) is 7.47. The molecule has 3 atom stereocenters. The first-order chi connectivity index (χ1) is 17.3. The number of likely N-dealkylation sites (tertiary alicyclic amines) is 1. The van der Waals surface area contributed by atoms with E-state index in [-0.39, 0.29) is 31.2 Å². The Hall–Kier alpha value is -3.57. The maximum Gasteiger partial charge on any atom is 0.222 e. The number of rotatable bonds is 6. The molecule has 11 nitrogen and oxygen atoms in total. The Bertz CT molecular complexity index is 1390. The van der Waals surface area contributed by atoms with Crippen LogP contribution in [-0.2, 0) is 17.8 Å². The highest BCUT2D eigenvalue weighted by Crippen LogP contribution is 2.34. The zero-order valence-electron chi connectivity index (χ0n) is 20.6. The largest absolute Gasteiger partial charge is 0.391 e. The van der Waals surface area contributed by atoms with Crippen LogP contribution in [0.3, 0.4) is 0 Å². The molecule has 11 heteroatoms. The van der Waals surface area contributed by atoms with Crippen LogP contribution in [0.1, 0.15) is 45.0 Å². The van der Waals surface area contributed by atoms with Crippen LogP contribution in [0.4, 0.5) is 5.82 Å². The zero-order valence-corrected chi connectivity index (χ0v) is 20.6. The van der Waals surface area contributed by atoms with Gasteiger partial charge in [0.1, 0.15) is 17.7 Å². The predicted molar refractivity (Wildman–Crippen MR) is 135 cm³/mol. The molecule has 0 bridgehead atoms. The maximum atomic E-state index is 13.3. The molecular weight excluding hydrogens is 460 g/mol. The molecule has 0 radical (unpaired) electrons. The number of carbonyl (C=O) groups is 1. The van der Waals surface area contributed by atoms with Crippen molar-refractivity contribution in [2.24, 2.45) is 0 Å². The quantitative estimate of drug-likeness (QED) is 0.368. The first kappa shape index (κ1) is 24.1. The number of imidazole rings is 2. The molecule has 1 aliphatic heterocycles. The number of carbonyl (C=O) groups excluding carboxylic acids is 1. The summed E-state index contributed by atoms with van der Waals surface area (Å²) in [6.07, 6.45) is 3.79. The summed E-state index contributed by atoms with van der Waals surface area (Å²) in [5, 5.41) is 21.9. The van der Waals surface area contributed by atoms with Gasteiger partial charge in [-0.3, -0.25) is 4.79 Å². The lowest BCUT2D eigenvalue weighted by atomic mass is 9.91. The Labute approximate surface area is 208 Å². The Morgan fingerprint density at radius 3 is 2.83 bits per heavy atom. The molecule has 0 spiro atoms. The normalized spacial score (nSPS) is 22.8. The van der Waals surface area contributed by atoms with E-state index in [0.29, 0.717) is 30.4 Å². The number of aliphatic hydroxyl groups excluding tert-OH is 1. The smallest absolute Gasteiger partial charge is 0.222 e. The van der Waals surface area contributed by atoms with Crippen molar-refractivity contribution in [1.82, 2.24) is 34.0 Å².